The minimum atomic E-state index is -0.772. The van der Waals surface area contributed by atoms with Crippen LogP contribution in [0.2, 0.25) is 0 Å². The van der Waals surface area contributed by atoms with Crippen LogP contribution in [0.15, 0.2) is 24.3 Å². The van der Waals surface area contributed by atoms with Gasteiger partial charge in [-0.15, -0.1) is 0 Å². The minimum absolute atomic E-state index is 0.110. The summed E-state index contributed by atoms with van der Waals surface area (Å²) < 4.78 is 23.3. The van der Waals surface area contributed by atoms with Crippen LogP contribution in [-0.4, -0.2) is 161 Å². The Morgan fingerprint density at radius 2 is 0.756 bits per heavy atom. The Morgan fingerprint density at radius 1 is 0.410 bits per heavy atom. The molecule has 0 spiro atoms. The van der Waals surface area contributed by atoms with Crippen molar-refractivity contribution in [3.05, 3.63) is 24.3 Å². The summed E-state index contributed by atoms with van der Waals surface area (Å²) in [7, 11) is 12.2. The van der Waals surface area contributed by atoms with Crippen LogP contribution >= 0.6 is 0 Å². The molecule has 16 nitrogen and oxygen atoms in total. The largest absolute Gasteiger partial charge is 0.460 e. The lowest BCUT2D eigenvalue weighted by atomic mass is 10.0. The number of hydrogen-bond acceptors (Lipinski definition) is 12. The highest BCUT2D eigenvalue weighted by Crippen LogP contribution is 2.18. The quantitative estimate of drug-likeness (QED) is 0.0148. The Kier molecular flexibility index (Phi) is 46.6. The van der Waals surface area contributed by atoms with E-state index in [2.05, 4.69) is 36.6 Å². The van der Waals surface area contributed by atoms with E-state index in [0.717, 1.165) is 154 Å². The number of quaternary nitrogens is 2. The highest BCUT2D eigenvalue weighted by atomic mass is 16.6. The molecule has 0 aromatic rings. The monoisotopic (exact) mass is 1110 g/mol. The average Bonchev–Trinajstić information content (AvgIpc) is 3.36. The maximum absolute atomic E-state index is 12.6. The summed E-state index contributed by atoms with van der Waals surface area (Å²) in [5.74, 6) is -1.18. The molecule has 0 heterocycles. The third-order valence-corrected chi connectivity index (χ3v) is 13.6. The van der Waals surface area contributed by atoms with Gasteiger partial charge in [-0.05, 0) is 103 Å². The molecule has 0 saturated carbocycles. The molecule has 4 N–H and O–H groups in total. The van der Waals surface area contributed by atoms with E-state index in [-0.39, 0.29) is 49.4 Å². The van der Waals surface area contributed by atoms with E-state index in [1.54, 1.807) is 0 Å². The van der Waals surface area contributed by atoms with Crippen LogP contribution in [-0.2, 0) is 47.7 Å². The van der Waals surface area contributed by atoms with Gasteiger partial charge in [-0.3, -0.25) is 28.8 Å². The van der Waals surface area contributed by atoms with Crippen molar-refractivity contribution in [2.45, 2.75) is 257 Å². The molecule has 0 aliphatic heterocycles. The summed E-state index contributed by atoms with van der Waals surface area (Å²) >= 11 is 0. The van der Waals surface area contributed by atoms with E-state index in [0.29, 0.717) is 86.6 Å². The van der Waals surface area contributed by atoms with Crippen molar-refractivity contribution < 1.29 is 66.9 Å². The fraction of sp³-hybridized carbons (Fsp3) is 0.839. The van der Waals surface area contributed by atoms with E-state index >= 15 is 0 Å². The minimum Gasteiger partial charge on any atom is -0.460 e. The zero-order valence-electron chi connectivity index (χ0n) is 50.8. The zero-order chi connectivity index (χ0) is 58.1. The summed E-state index contributed by atoms with van der Waals surface area (Å²) in [5, 5.41) is 27.8. The molecule has 4 unspecified atom stereocenters. The predicted molar refractivity (Wildman–Crippen MR) is 312 cm³/mol. The van der Waals surface area contributed by atoms with Crippen LogP contribution in [0.25, 0.3) is 0 Å². The van der Waals surface area contributed by atoms with Crippen LogP contribution in [0.3, 0.4) is 0 Å². The normalized spacial score (nSPS) is 13.5. The van der Waals surface area contributed by atoms with Gasteiger partial charge in [0.15, 0.2) is 0 Å². The number of likely N-dealkylation sites (N-methyl/N-ethyl adjacent to an activating group) is 2. The molecule has 454 valence electrons. The molecule has 0 bridgehead atoms. The van der Waals surface area contributed by atoms with Gasteiger partial charge in [0, 0.05) is 51.6 Å². The number of nitrogens with zero attached hydrogens (tertiary/aromatic N) is 2. The summed E-state index contributed by atoms with van der Waals surface area (Å²) in [5.41, 5.74) is 0. The number of hydrogen-bond donors (Lipinski definition) is 4. The van der Waals surface area contributed by atoms with Crippen LogP contribution in [0.4, 0.5) is 0 Å². The maximum Gasteiger partial charge on any atom is 0.306 e. The molecule has 0 aromatic heterocycles. The van der Waals surface area contributed by atoms with Crippen molar-refractivity contribution >= 4 is 35.7 Å². The molecular weight excluding hydrogens is 993 g/mol. The van der Waals surface area contributed by atoms with Crippen molar-refractivity contribution in [3.63, 3.8) is 0 Å². The van der Waals surface area contributed by atoms with Gasteiger partial charge in [-0.2, -0.15) is 0 Å². The van der Waals surface area contributed by atoms with Gasteiger partial charge in [0.05, 0.1) is 54.5 Å². The number of amides is 2. The molecule has 2 amide bonds. The number of rotatable bonds is 53. The fourth-order valence-corrected chi connectivity index (χ4v) is 8.47. The summed E-state index contributed by atoms with van der Waals surface area (Å²) in [6.07, 6.45) is 31.6. The Morgan fingerprint density at radius 3 is 1.13 bits per heavy atom. The zero-order valence-corrected chi connectivity index (χ0v) is 50.8. The number of aliphatic hydroxyl groups is 2. The third-order valence-electron chi connectivity index (χ3n) is 13.6. The van der Waals surface area contributed by atoms with E-state index in [4.69, 9.17) is 18.9 Å². The smallest absolute Gasteiger partial charge is 0.306 e. The summed E-state index contributed by atoms with van der Waals surface area (Å²) in [4.78, 5) is 73.8. The van der Waals surface area contributed by atoms with Gasteiger partial charge < -0.3 is 48.8 Å². The van der Waals surface area contributed by atoms with Gasteiger partial charge >= 0.3 is 23.9 Å². The number of nitrogens with one attached hydrogen (secondary N) is 2. The van der Waals surface area contributed by atoms with Gasteiger partial charge in [0.2, 0.25) is 11.8 Å². The van der Waals surface area contributed by atoms with Gasteiger partial charge in [0.1, 0.15) is 38.5 Å². The Labute approximate surface area is 474 Å². The lowest BCUT2D eigenvalue weighted by Gasteiger charge is -2.23. The second kappa shape index (κ2) is 49.0. The number of ether oxygens (including phenoxy) is 4. The van der Waals surface area contributed by atoms with Crippen LogP contribution in [0.5, 0.6) is 0 Å². The molecule has 0 aliphatic carbocycles. The summed E-state index contributed by atoms with van der Waals surface area (Å²) in [6.45, 7) is 7.73. The molecule has 0 aromatic carbocycles. The van der Waals surface area contributed by atoms with E-state index in [1.165, 1.54) is 0 Å². The Bertz CT molecular complexity index is 1490. The van der Waals surface area contributed by atoms with E-state index in [9.17, 15) is 39.0 Å². The standard InChI is InChI=1S/C62H114N4O12/c1-9-11-27-39-55(77-61(73)45-35-43-59(71)75-51-49-65(3,4)5)53(67)37-29-21-17-13-15-19-23-31-41-57(69)63-47-33-25-26-34-48-64-58(70)42-32-24-20-16-14-18-22-30-38-54(68)56(40-28-12-10-2)78-62(74)46-36-44-60(72)76-52-50-66(6,7)8/h21-22,29-30,53-56,67-68H,9-20,23-28,31-52H2,1-8H3/p+2/b29-21-,30-22-. The molecule has 0 aliphatic rings. The first-order valence-electron chi connectivity index (χ1n) is 30.8. The molecule has 0 rings (SSSR count). The second-order valence-electron chi connectivity index (χ2n) is 23.5. The first-order valence-corrected chi connectivity index (χ1v) is 30.8. The number of carbonyl (C=O) groups excluding carboxylic acids is 6. The number of allylic oxidation sites excluding steroid dienone is 2. The average molecular weight is 1110 g/mol. The number of carbonyl (C=O) groups is 6. The number of unbranched alkanes of at least 4 members (excludes halogenated alkanes) is 17. The molecule has 78 heavy (non-hydrogen) atoms. The molecular formula is C62H116N4O12+2. The van der Waals surface area contributed by atoms with Gasteiger partial charge in [0.25, 0.3) is 0 Å². The lowest BCUT2D eigenvalue weighted by Crippen LogP contribution is -2.38. The highest BCUT2D eigenvalue weighted by Gasteiger charge is 2.24. The van der Waals surface area contributed by atoms with E-state index < -0.39 is 36.4 Å². The number of aliphatic hydroxyl groups excluding tert-OH is 2. The fourth-order valence-electron chi connectivity index (χ4n) is 8.47. The SMILES string of the molecule is CCCCCC(OC(=O)CCCC(=O)OCC[N+](C)(C)C)C(O)C/C=C\CCCCCCCC(=O)NCCCCCCNC(=O)CCCCCCC/C=C\CC(O)C(CCCCC)OC(=O)CCCC(=O)OCC[N+](C)(C)C. The third kappa shape index (κ3) is 50.4. The Hall–Kier alpha value is -3.86. The second-order valence-corrected chi connectivity index (χ2v) is 23.5. The van der Waals surface area contributed by atoms with E-state index in [1.807, 2.05) is 54.4 Å². The summed E-state index contributed by atoms with van der Waals surface area (Å²) in [6, 6.07) is 0. The molecule has 16 heteroatoms. The van der Waals surface area contributed by atoms with Crippen LogP contribution in [0, 0.1) is 0 Å². The first-order chi connectivity index (χ1) is 37.3. The van der Waals surface area contributed by atoms with Crippen molar-refractivity contribution in [3.8, 4) is 0 Å². The van der Waals surface area contributed by atoms with Crippen molar-refractivity contribution in [2.24, 2.45) is 0 Å². The van der Waals surface area contributed by atoms with Gasteiger partial charge in [-0.1, -0.05) is 115 Å². The van der Waals surface area contributed by atoms with Crippen LogP contribution in [0.1, 0.15) is 232 Å². The van der Waals surface area contributed by atoms with Crippen molar-refractivity contribution in [2.75, 3.05) is 81.7 Å². The van der Waals surface area contributed by atoms with Gasteiger partial charge in [-0.25, -0.2) is 0 Å². The molecule has 0 saturated heterocycles. The molecule has 0 radical (unpaired) electrons. The molecule has 4 atom stereocenters. The van der Waals surface area contributed by atoms with Crippen LogP contribution < -0.4 is 10.6 Å². The molecule has 0 fully saturated rings. The predicted octanol–water partition coefficient (Wildman–Crippen LogP) is 10.7. The van der Waals surface area contributed by atoms with Crippen molar-refractivity contribution in [1.82, 2.24) is 10.6 Å². The maximum atomic E-state index is 12.6. The number of esters is 4. The topological polar surface area (TPSA) is 204 Å². The van der Waals surface area contributed by atoms with Crippen molar-refractivity contribution in [1.29, 1.82) is 0 Å². The lowest BCUT2D eigenvalue weighted by molar-refractivity contribution is -0.870. The Balaban J connectivity index is 3.97. The highest BCUT2D eigenvalue weighted by molar-refractivity contribution is 5.76. The first kappa shape index (κ1) is 74.1.